The third kappa shape index (κ3) is 3.46. The van der Waals surface area contributed by atoms with Crippen LogP contribution in [0.2, 0.25) is 0 Å². The van der Waals surface area contributed by atoms with Crippen molar-refractivity contribution in [3.8, 4) is 0 Å². The van der Waals surface area contributed by atoms with E-state index in [9.17, 15) is 4.79 Å². The normalized spacial score (nSPS) is 10.6. The number of fused-ring (bicyclic) bond motifs is 1. The van der Waals surface area contributed by atoms with Crippen LogP contribution in [0.1, 0.15) is 5.56 Å². The van der Waals surface area contributed by atoms with Gasteiger partial charge < -0.3 is 5.32 Å². The number of thioether (sulfide) groups is 1. The summed E-state index contributed by atoms with van der Waals surface area (Å²) in [6.45, 7) is 2.05. The van der Waals surface area contributed by atoms with E-state index in [-0.39, 0.29) is 5.91 Å². The van der Waals surface area contributed by atoms with Gasteiger partial charge in [-0.05, 0) is 19.1 Å². The Morgan fingerprint density at radius 3 is 2.68 bits per heavy atom. The SMILES string of the molecule is Cc1ccc(SCC(=O)Nc2cncc3ccccc23)cc1. The molecular weight excluding hydrogens is 292 g/mol. The van der Waals surface area contributed by atoms with Crippen molar-refractivity contribution in [3.63, 3.8) is 0 Å². The second-order valence-corrected chi connectivity index (χ2v) is 6.11. The Balaban J connectivity index is 1.67. The van der Waals surface area contributed by atoms with Gasteiger partial charge in [-0.3, -0.25) is 9.78 Å². The highest BCUT2D eigenvalue weighted by atomic mass is 32.2. The number of rotatable bonds is 4. The van der Waals surface area contributed by atoms with Crippen molar-refractivity contribution in [3.05, 3.63) is 66.5 Å². The predicted octanol–water partition coefficient (Wildman–Crippen LogP) is 4.27. The Bertz CT molecular complexity index is 794. The maximum absolute atomic E-state index is 12.1. The number of pyridine rings is 1. The highest BCUT2D eigenvalue weighted by Gasteiger charge is 2.07. The molecule has 1 heterocycles. The molecule has 1 aromatic heterocycles. The van der Waals surface area contributed by atoms with E-state index in [4.69, 9.17) is 0 Å². The lowest BCUT2D eigenvalue weighted by molar-refractivity contribution is -0.113. The highest BCUT2D eigenvalue weighted by molar-refractivity contribution is 8.00. The molecule has 0 saturated heterocycles. The average Bonchev–Trinajstić information content (AvgIpc) is 2.55. The molecule has 110 valence electrons. The first-order valence-corrected chi connectivity index (χ1v) is 8.03. The fourth-order valence-electron chi connectivity index (χ4n) is 2.19. The number of hydrogen-bond donors (Lipinski definition) is 1. The second-order valence-electron chi connectivity index (χ2n) is 5.06. The lowest BCUT2D eigenvalue weighted by Crippen LogP contribution is -2.14. The standard InChI is InChI=1S/C18H16N2OS/c1-13-6-8-15(9-7-13)22-12-18(21)20-17-11-19-10-14-4-2-3-5-16(14)17/h2-11H,12H2,1H3,(H,20,21). The van der Waals surface area contributed by atoms with Gasteiger partial charge >= 0.3 is 0 Å². The number of aromatic nitrogens is 1. The molecule has 22 heavy (non-hydrogen) atoms. The van der Waals surface area contributed by atoms with Crippen LogP contribution in [0.15, 0.2) is 65.8 Å². The molecule has 0 aliphatic heterocycles. The second kappa shape index (κ2) is 6.62. The van der Waals surface area contributed by atoms with E-state index in [0.717, 1.165) is 21.4 Å². The third-order valence-corrected chi connectivity index (χ3v) is 4.35. The average molecular weight is 308 g/mol. The largest absolute Gasteiger partial charge is 0.323 e. The smallest absolute Gasteiger partial charge is 0.234 e. The Kier molecular flexibility index (Phi) is 4.39. The van der Waals surface area contributed by atoms with Crippen molar-refractivity contribution in [1.82, 2.24) is 4.98 Å². The first-order valence-electron chi connectivity index (χ1n) is 7.04. The van der Waals surface area contributed by atoms with Crippen LogP contribution in [-0.4, -0.2) is 16.6 Å². The Morgan fingerprint density at radius 1 is 1.09 bits per heavy atom. The molecule has 1 amide bonds. The molecular formula is C18H16N2OS. The molecule has 0 aliphatic carbocycles. The molecule has 0 aliphatic rings. The number of anilines is 1. The number of carbonyl (C=O) groups is 1. The molecule has 3 nitrogen and oxygen atoms in total. The van der Waals surface area contributed by atoms with Crippen LogP contribution in [0, 0.1) is 6.92 Å². The van der Waals surface area contributed by atoms with Gasteiger partial charge in [0.15, 0.2) is 0 Å². The van der Waals surface area contributed by atoms with Crippen LogP contribution < -0.4 is 5.32 Å². The molecule has 1 N–H and O–H groups in total. The molecule has 0 saturated carbocycles. The zero-order valence-corrected chi connectivity index (χ0v) is 13.1. The van der Waals surface area contributed by atoms with Gasteiger partial charge in [0, 0.05) is 21.9 Å². The van der Waals surface area contributed by atoms with Crippen LogP contribution in [-0.2, 0) is 4.79 Å². The number of aryl methyl sites for hydroxylation is 1. The van der Waals surface area contributed by atoms with Gasteiger partial charge in [-0.15, -0.1) is 11.8 Å². The molecule has 2 aromatic carbocycles. The zero-order chi connectivity index (χ0) is 15.4. The number of hydrogen-bond acceptors (Lipinski definition) is 3. The number of nitrogens with zero attached hydrogens (tertiary/aromatic N) is 1. The van der Waals surface area contributed by atoms with Crippen LogP contribution in [0.25, 0.3) is 10.8 Å². The van der Waals surface area contributed by atoms with Crippen LogP contribution >= 0.6 is 11.8 Å². The van der Waals surface area contributed by atoms with Crippen LogP contribution in [0.4, 0.5) is 5.69 Å². The van der Waals surface area contributed by atoms with Crippen molar-refractivity contribution in [2.75, 3.05) is 11.1 Å². The minimum absolute atomic E-state index is 0.0243. The maximum Gasteiger partial charge on any atom is 0.234 e. The minimum Gasteiger partial charge on any atom is -0.323 e. The van der Waals surface area contributed by atoms with Crippen molar-refractivity contribution in [2.45, 2.75) is 11.8 Å². The molecule has 0 unspecified atom stereocenters. The molecule has 0 atom stereocenters. The summed E-state index contributed by atoms with van der Waals surface area (Å²) < 4.78 is 0. The quantitative estimate of drug-likeness (QED) is 0.732. The van der Waals surface area contributed by atoms with Gasteiger partial charge in [-0.25, -0.2) is 0 Å². The first kappa shape index (κ1) is 14.6. The summed E-state index contributed by atoms with van der Waals surface area (Å²) in [5.74, 6) is 0.357. The first-order chi connectivity index (χ1) is 10.7. The predicted molar refractivity (Wildman–Crippen MR) is 92.3 cm³/mol. The summed E-state index contributed by atoms with van der Waals surface area (Å²) in [6, 6.07) is 16.1. The van der Waals surface area contributed by atoms with Crippen molar-refractivity contribution in [1.29, 1.82) is 0 Å². The lowest BCUT2D eigenvalue weighted by Gasteiger charge is -2.08. The number of nitrogens with one attached hydrogen (secondary N) is 1. The topological polar surface area (TPSA) is 42.0 Å². The number of amides is 1. The molecule has 0 fully saturated rings. The van der Waals surface area contributed by atoms with E-state index < -0.39 is 0 Å². The van der Waals surface area contributed by atoms with Gasteiger partial charge in [0.05, 0.1) is 17.6 Å². The highest BCUT2D eigenvalue weighted by Crippen LogP contribution is 2.23. The fraction of sp³-hybridized carbons (Fsp3) is 0.111. The Morgan fingerprint density at radius 2 is 1.86 bits per heavy atom. The summed E-state index contributed by atoms with van der Waals surface area (Å²) in [7, 11) is 0. The van der Waals surface area contributed by atoms with E-state index in [2.05, 4.69) is 29.4 Å². The fourth-order valence-corrected chi connectivity index (χ4v) is 2.88. The van der Waals surface area contributed by atoms with Gasteiger partial charge in [0.25, 0.3) is 0 Å². The van der Waals surface area contributed by atoms with Crippen molar-refractivity contribution >= 4 is 34.1 Å². The third-order valence-electron chi connectivity index (χ3n) is 3.33. The van der Waals surface area contributed by atoms with Gasteiger partial charge in [0.1, 0.15) is 0 Å². The molecule has 0 spiro atoms. The van der Waals surface area contributed by atoms with Gasteiger partial charge in [-0.2, -0.15) is 0 Å². The summed E-state index contributed by atoms with van der Waals surface area (Å²) in [5, 5.41) is 4.97. The summed E-state index contributed by atoms with van der Waals surface area (Å²) in [5.41, 5.74) is 1.98. The van der Waals surface area contributed by atoms with Crippen LogP contribution in [0.3, 0.4) is 0 Å². The van der Waals surface area contributed by atoms with E-state index in [1.807, 2.05) is 36.4 Å². The molecule has 0 bridgehead atoms. The zero-order valence-electron chi connectivity index (χ0n) is 12.2. The monoisotopic (exact) mass is 308 g/mol. The number of carbonyl (C=O) groups excluding carboxylic acids is 1. The molecule has 0 radical (unpaired) electrons. The summed E-state index contributed by atoms with van der Waals surface area (Å²) in [6.07, 6.45) is 3.49. The van der Waals surface area contributed by atoms with E-state index in [1.54, 1.807) is 12.4 Å². The van der Waals surface area contributed by atoms with E-state index in [1.165, 1.54) is 17.3 Å². The maximum atomic E-state index is 12.1. The summed E-state index contributed by atoms with van der Waals surface area (Å²) >= 11 is 1.53. The Labute approximate surface area is 133 Å². The van der Waals surface area contributed by atoms with E-state index >= 15 is 0 Å². The molecule has 4 heteroatoms. The number of benzene rings is 2. The van der Waals surface area contributed by atoms with E-state index in [0.29, 0.717) is 5.75 Å². The minimum atomic E-state index is -0.0243. The van der Waals surface area contributed by atoms with Crippen molar-refractivity contribution in [2.24, 2.45) is 0 Å². The van der Waals surface area contributed by atoms with Gasteiger partial charge in [-0.1, -0.05) is 42.0 Å². The van der Waals surface area contributed by atoms with Crippen LogP contribution in [0.5, 0.6) is 0 Å². The van der Waals surface area contributed by atoms with Crippen molar-refractivity contribution < 1.29 is 4.79 Å². The lowest BCUT2D eigenvalue weighted by atomic mass is 10.1. The molecule has 3 rings (SSSR count). The summed E-state index contributed by atoms with van der Waals surface area (Å²) in [4.78, 5) is 17.4. The Hall–Kier alpha value is -2.33. The molecule has 3 aromatic rings. The van der Waals surface area contributed by atoms with Gasteiger partial charge in [0.2, 0.25) is 5.91 Å².